The Kier molecular flexibility index (Phi) is 4.63. The fourth-order valence-corrected chi connectivity index (χ4v) is 2.98. The number of aromatic nitrogens is 1. The second-order valence-electron chi connectivity index (χ2n) is 4.94. The van der Waals surface area contributed by atoms with Crippen molar-refractivity contribution in [2.24, 2.45) is 0 Å². The van der Waals surface area contributed by atoms with E-state index in [0.717, 1.165) is 11.4 Å². The molecule has 2 aromatic rings. The van der Waals surface area contributed by atoms with Crippen molar-refractivity contribution in [3.05, 3.63) is 54.4 Å². The lowest BCUT2D eigenvalue weighted by atomic mass is 10.1. The Morgan fingerprint density at radius 2 is 1.81 bits per heavy atom. The monoisotopic (exact) mass is 304 g/mol. The first kappa shape index (κ1) is 15.5. The maximum absolute atomic E-state index is 11.8. The maximum atomic E-state index is 11.8. The van der Waals surface area contributed by atoms with Crippen LogP contribution in [0.5, 0.6) is 0 Å². The van der Waals surface area contributed by atoms with E-state index in [1.54, 1.807) is 25.3 Å². The number of benzene rings is 1. The van der Waals surface area contributed by atoms with Gasteiger partial charge in [0.25, 0.3) is 0 Å². The lowest BCUT2D eigenvalue weighted by molar-refractivity contribution is 0.597. The zero-order valence-corrected chi connectivity index (χ0v) is 13.3. The summed E-state index contributed by atoms with van der Waals surface area (Å²) in [4.78, 5) is 6.80. The lowest BCUT2D eigenvalue weighted by Gasteiger charge is -2.26. The summed E-state index contributed by atoms with van der Waals surface area (Å²) in [5.41, 5.74) is 1.94. The van der Waals surface area contributed by atoms with Gasteiger partial charge in [0.2, 0.25) is 0 Å². The van der Waals surface area contributed by atoms with Gasteiger partial charge in [0, 0.05) is 18.9 Å². The Morgan fingerprint density at radius 3 is 2.33 bits per heavy atom. The van der Waals surface area contributed by atoms with Gasteiger partial charge < -0.3 is 4.90 Å². The van der Waals surface area contributed by atoms with Crippen molar-refractivity contribution < 1.29 is 8.42 Å². The molecule has 112 valence electrons. The molecule has 0 aliphatic heterocycles. The molecule has 21 heavy (non-hydrogen) atoms. The van der Waals surface area contributed by atoms with Crippen molar-refractivity contribution in [3.63, 3.8) is 0 Å². The predicted molar refractivity (Wildman–Crippen MR) is 85.2 cm³/mol. The Hall–Kier alpha value is -1.88. The summed E-state index contributed by atoms with van der Waals surface area (Å²) in [6.45, 7) is 3.72. The van der Waals surface area contributed by atoms with Crippen LogP contribution < -0.4 is 4.90 Å². The molecule has 4 nitrogen and oxygen atoms in total. The van der Waals surface area contributed by atoms with Gasteiger partial charge in [0.1, 0.15) is 0 Å². The number of pyridine rings is 1. The minimum absolute atomic E-state index is 0.111. The van der Waals surface area contributed by atoms with Crippen LogP contribution in [0.15, 0.2) is 53.6 Å². The molecule has 0 spiro atoms. The predicted octanol–water partition coefficient (Wildman–Crippen LogP) is 3.07. The van der Waals surface area contributed by atoms with Crippen LogP contribution in [0.3, 0.4) is 0 Å². The summed E-state index contributed by atoms with van der Waals surface area (Å²) in [7, 11) is -1.17. The fourth-order valence-electron chi connectivity index (χ4n) is 2.10. The zero-order valence-electron chi connectivity index (χ0n) is 12.5. The van der Waals surface area contributed by atoms with Gasteiger partial charge in [0.15, 0.2) is 9.84 Å². The molecule has 0 radical (unpaired) electrons. The van der Waals surface area contributed by atoms with Gasteiger partial charge in [0.05, 0.1) is 22.4 Å². The van der Waals surface area contributed by atoms with Crippen molar-refractivity contribution >= 4 is 15.5 Å². The largest absolute Gasteiger partial charge is 0.366 e. The van der Waals surface area contributed by atoms with Gasteiger partial charge in [-0.05, 0) is 43.3 Å². The molecule has 0 fully saturated rings. The van der Waals surface area contributed by atoms with Crippen molar-refractivity contribution in [1.29, 1.82) is 0 Å². The Bertz CT molecular complexity index is 682. The first-order valence-electron chi connectivity index (χ1n) is 6.92. The Balaban J connectivity index is 2.23. The molecule has 1 atom stereocenters. The Morgan fingerprint density at radius 1 is 1.14 bits per heavy atom. The van der Waals surface area contributed by atoms with Gasteiger partial charge in [-0.15, -0.1) is 0 Å². The number of rotatable bonds is 5. The van der Waals surface area contributed by atoms with E-state index >= 15 is 0 Å². The molecular weight excluding hydrogens is 284 g/mol. The Labute approximate surface area is 126 Å². The molecule has 0 aliphatic rings. The van der Waals surface area contributed by atoms with E-state index in [2.05, 4.69) is 16.8 Å². The highest BCUT2D eigenvalue weighted by molar-refractivity contribution is 7.91. The standard InChI is InChI=1S/C16H20N2O2S/c1-4-21(19,20)15-10-8-14(9-11-15)18(3)13(2)16-7-5-6-12-17-16/h5-13H,4H2,1-3H3. The number of hydrogen-bond donors (Lipinski definition) is 0. The first-order chi connectivity index (χ1) is 9.95. The molecule has 0 bridgehead atoms. The van der Waals surface area contributed by atoms with Crippen molar-refractivity contribution in [2.75, 3.05) is 17.7 Å². The van der Waals surface area contributed by atoms with Crippen LogP contribution in [0.2, 0.25) is 0 Å². The summed E-state index contributed by atoms with van der Waals surface area (Å²) < 4.78 is 23.6. The van der Waals surface area contributed by atoms with E-state index in [9.17, 15) is 8.42 Å². The van der Waals surface area contributed by atoms with Crippen LogP contribution in [0.4, 0.5) is 5.69 Å². The van der Waals surface area contributed by atoms with Gasteiger partial charge >= 0.3 is 0 Å². The first-order valence-corrected chi connectivity index (χ1v) is 8.57. The topological polar surface area (TPSA) is 50.3 Å². The number of nitrogens with zero attached hydrogens (tertiary/aromatic N) is 2. The average Bonchev–Trinajstić information content (AvgIpc) is 2.54. The third-order valence-electron chi connectivity index (χ3n) is 3.68. The van der Waals surface area contributed by atoms with Gasteiger partial charge in [-0.25, -0.2) is 8.42 Å². The van der Waals surface area contributed by atoms with Crippen LogP contribution in [0, 0.1) is 0 Å². The normalized spacial score (nSPS) is 12.9. The van der Waals surface area contributed by atoms with Crippen LogP contribution in [-0.2, 0) is 9.84 Å². The summed E-state index contributed by atoms with van der Waals surface area (Å²) in [6.07, 6.45) is 1.77. The third kappa shape index (κ3) is 3.42. The highest BCUT2D eigenvalue weighted by Gasteiger charge is 2.15. The summed E-state index contributed by atoms with van der Waals surface area (Å²) in [6, 6.07) is 12.9. The van der Waals surface area contributed by atoms with E-state index in [0.29, 0.717) is 4.90 Å². The number of hydrogen-bond acceptors (Lipinski definition) is 4. The van der Waals surface area contributed by atoms with E-state index in [-0.39, 0.29) is 11.8 Å². The van der Waals surface area contributed by atoms with Crippen molar-refractivity contribution in [3.8, 4) is 0 Å². The highest BCUT2D eigenvalue weighted by atomic mass is 32.2. The molecule has 0 saturated carbocycles. The molecular formula is C16H20N2O2S. The van der Waals surface area contributed by atoms with E-state index in [1.165, 1.54) is 0 Å². The number of sulfone groups is 1. The van der Waals surface area contributed by atoms with E-state index in [1.807, 2.05) is 37.4 Å². The van der Waals surface area contributed by atoms with Crippen LogP contribution in [0.1, 0.15) is 25.6 Å². The molecule has 1 aromatic heterocycles. The smallest absolute Gasteiger partial charge is 0.178 e. The molecule has 5 heteroatoms. The quantitative estimate of drug-likeness (QED) is 0.852. The van der Waals surface area contributed by atoms with Crippen LogP contribution in [-0.4, -0.2) is 26.2 Å². The van der Waals surface area contributed by atoms with E-state index < -0.39 is 9.84 Å². The molecule has 1 unspecified atom stereocenters. The highest BCUT2D eigenvalue weighted by Crippen LogP contribution is 2.25. The average molecular weight is 304 g/mol. The van der Waals surface area contributed by atoms with Crippen molar-refractivity contribution in [2.45, 2.75) is 24.8 Å². The maximum Gasteiger partial charge on any atom is 0.178 e. The van der Waals surface area contributed by atoms with Gasteiger partial charge in [-0.1, -0.05) is 13.0 Å². The number of anilines is 1. The minimum Gasteiger partial charge on any atom is -0.366 e. The molecule has 2 rings (SSSR count). The molecule has 0 aliphatic carbocycles. The molecule has 1 aromatic carbocycles. The molecule has 0 N–H and O–H groups in total. The fraction of sp³-hybridized carbons (Fsp3) is 0.312. The van der Waals surface area contributed by atoms with Gasteiger partial charge in [-0.2, -0.15) is 0 Å². The van der Waals surface area contributed by atoms with Crippen LogP contribution in [0.25, 0.3) is 0 Å². The lowest BCUT2D eigenvalue weighted by Crippen LogP contribution is -2.22. The second-order valence-corrected chi connectivity index (χ2v) is 7.22. The van der Waals surface area contributed by atoms with Crippen LogP contribution >= 0.6 is 0 Å². The second kappa shape index (κ2) is 6.26. The molecule has 0 saturated heterocycles. The van der Waals surface area contributed by atoms with Crippen molar-refractivity contribution in [1.82, 2.24) is 4.98 Å². The summed E-state index contributed by atoms with van der Waals surface area (Å²) in [5, 5.41) is 0. The minimum atomic E-state index is -3.14. The molecule has 1 heterocycles. The summed E-state index contributed by atoms with van der Waals surface area (Å²) in [5.74, 6) is 0.118. The zero-order chi connectivity index (χ0) is 15.5. The SMILES string of the molecule is CCS(=O)(=O)c1ccc(N(C)C(C)c2ccccn2)cc1. The van der Waals surface area contributed by atoms with E-state index in [4.69, 9.17) is 0 Å². The molecule has 0 amide bonds. The summed E-state index contributed by atoms with van der Waals surface area (Å²) >= 11 is 0. The third-order valence-corrected chi connectivity index (χ3v) is 5.43. The van der Waals surface area contributed by atoms with Gasteiger partial charge in [-0.3, -0.25) is 4.98 Å².